The second kappa shape index (κ2) is 8.53. The van der Waals surface area contributed by atoms with Gasteiger partial charge in [-0.2, -0.15) is 0 Å². The summed E-state index contributed by atoms with van der Waals surface area (Å²) >= 11 is 1.49. The molecule has 0 saturated carbocycles. The van der Waals surface area contributed by atoms with Gasteiger partial charge in [0.15, 0.2) is 0 Å². The first kappa shape index (κ1) is 19.8. The number of hydrogen-bond donors (Lipinski definition) is 2. The molecular weight excluding hydrogens is 420 g/mol. The van der Waals surface area contributed by atoms with Gasteiger partial charge in [0.1, 0.15) is 22.3 Å². The van der Waals surface area contributed by atoms with Crippen molar-refractivity contribution in [3.05, 3.63) is 103 Å². The number of amides is 1. The standard InChI is InChI=1S/C26H18N2O3S/c29-23-15-12-18(16-21(23)26-28-22-8-4-5-9-24(22)32-26)27-25(30)17-10-13-20(14-11-17)31-19-6-2-1-3-7-19/h1-16,29H,(H,27,30). The first-order valence-corrected chi connectivity index (χ1v) is 10.8. The number of aromatic nitrogens is 1. The van der Waals surface area contributed by atoms with Crippen LogP contribution in [-0.4, -0.2) is 16.0 Å². The molecule has 1 aromatic heterocycles. The molecule has 0 radical (unpaired) electrons. The zero-order chi connectivity index (χ0) is 21.9. The Bertz CT molecular complexity index is 1360. The van der Waals surface area contributed by atoms with E-state index in [1.54, 1.807) is 42.5 Å². The van der Waals surface area contributed by atoms with Gasteiger partial charge in [-0.25, -0.2) is 4.98 Å². The summed E-state index contributed by atoms with van der Waals surface area (Å²) in [4.78, 5) is 17.3. The number of fused-ring (bicyclic) bond motifs is 1. The number of ether oxygens (including phenoxy) is 1. The zero-order valence-electron chi connectivity index (χ0n) is 16.9. The van der Waals surface area contributed by atoms with Crippen LogP contribution in [0.3, 0.4) is 0 Å². The third-order valence-electron chi connectivity index (χ3n) is 4.87. The second-order valence-corrected chi connectivity index (χ2v) is 8.14. The SMILES string of the molecule is O=C(Nc1ccc(O)c(-c2nc3ccccc3s2)c1)c1ccc(Oc2ccccc2)cc1. The van der Waals surface area contributed by atoms with Crippen molar-refractivity contribution in [1.29, 1.82) is 0 Å². The molecule has 0 aliphatic carbocycles. The highest BCUT2D eigenvalue weighted by Crippen LogP contribution is 2.36. The number of aromatic hydroxyl groups is 1. The Labute approximate surface area is 188 Å². The fourth-order valence-electron chi connectivity index (χ4n) is 3.27. The molecule has 1 amide bonds. The van der Waals surface area contributed by atoms with Gasteiger partial charge in [0, 0.05) is 11.3 Å². The maximum absolute atomic E-state index is 12.7. The molecule has 32 heavy (non-hydrogen) atoms. The van der Waals surface area contributed by atoms with E-state index in [9.17, 15) is 9.90 Å². The fourth-order valence-corrected chi connectivity index (χ4v) is 4.27. The Balaban J connectivity index is 1.33. The molecule has 4 aromatic carbocycles. The van der Waals surface area contributed by atoms with Crippen molar-refractivity contribution >= 4 is 33.1 Å². The van der Waals surface area contributed by atoms with Crippen LogP contribution in [0.2, 0.25) is 0 Å². The summed E-state index contributed by atoms with van der Waals surface area (Å²) in [6.45, 7) is 0. The predicted octanol–water partition coefficient (Wildman–Crippen LogP) is 6.71. The van der Waals surface area contributed by atoms with Crippen LogP contribution in [0.5, 0.6) is 17.2 Å². The van der Waals surface area contributed by atoms with Gasteiger partial charge >= 0.3 is 0 Å². The molecule has 0 unspecified atom stereocenters. The molecular formula is C26H18N2O3S. The molecule has 0 saturated heterocycles. The number of phenolic OH excluding ortho intramolecular Hbond substituents is 1. The van der Waals surface area contributed by atoms with Gasteiger partial charge in [-0.05, 0) is 66.7 Å². The number of carbonyl (C=O) groups excluding carboxylic acids is 1. The molecule has 156 valence electrons. The lowest BCUT2D eigenvalue weighted by molar-refractivity contribution is 0.102. The minimum atomic E-state index is -0.253. The first-order chi connectivity index (χ1) is 15.7. The van der Waals surface area contributed by atoms with Crippen LogP contribution >= 0.6 is 11.3 Å². The summed E-state index contributed by atoms with van der Waals surface area (Å²) < 4.78 is 6.81. The molecule has 5 nitrogen and oxygen atoms in total. The Hall–Kier alpha value is -4.16. The van der Waals surface area contributed by atoms with Crippen LogP contribution in [0, 0.1) is 0 Å². The number of nitrogens with zero attached hydrogens (tertiary/aromatic N) is 1. The van der Waals surface area contributed by atoms with Crippen molar-refractivity contribution < 1.29 is 14.6 Å². The Morgan fingerprint density at radius 1 is 0.844 bits per heavy atom. The number of phenols is 1. The normalized spacial score (nSPS) is 10.8. The molecule has 2 N–H and O–H groups in total. The summed E-state index contributed by atoms with van der Waals surface area (Å²) in [6, 6.07) is 29.2. The van der Waals surface area contributed by atoms with Crippen LogP contribution in [0.4, 0.5) is 5.69 Å². The third kappa shape index (κ3) is 4.17. The highest BCUT2D eigenvalue weighted by atomic mass is 32.1. The molecule has 0 atom stereocenters. The van der Waals surface area contributed by atoms with Gasteiger partial charge in [0.2, 0.25) is 0 Å². The van der Waals surface area contributed by atoms with Gasteiger partial charge in [0.25, 0.3) is 5.91 Å². The monoisotopic (exact) mass is 438 g/mol. The molecule has 0 fully saturated rings. The molecule has 0 aliphatic rings. The number of para-hydroxylation sites is 2. The van der Waals surface area contributed by atoms with E-state index in [-0.39, 0.29) is 11.7 Å². The van der Waals surface area contributed by atoms with E-state index < -0.39 is 0 Å². The zero-order valence-corrected chi connectivity index (χ0v) is 17.7. The summed E-state index contributed by atoms with van der Waals surface area (Å²) in [5, 5.41) is 13.9. The fraction of sp³-hybridized carbons (Fsp3) is 0. The Morgan fingerprint density at radius 3 is 2.34 bits per heavy atom. The quantitative estimate of drug-likeness (QED) is 0.299. The highest BCUT2D eigenvalue weighted by Gasteiger charge is 2.13. The van der Waals surface area contributed by atoms with Gasteiger partial charge in [-0.3, -0.25) is 4.79 Å². The number of hydrogen-bond acceptors (Lipinski definition) is 5. The molecule has 0 spiro atoms. The van der Waals surface area contributed by atoms with Crippen molar-refractivity contribution in [3.63, 3.8) is 0 Å². The van der Waals surface area contributed by atoms with E-state index in [1.165, 1.54) is 11.3 Å². The van der Waals surface area contributed by atoms with E-state index in [0.717, 1.165) is 16.0 Å². The smallest absolute Gasteiger partial charge is 0.255 e. The number of benzene rings is 4. The first-order valence-electron chi connectivity index (χ1n) is 9.99. The topological polar surface area (TPSA) is 71.5 Å². The van der Waals surface area contributed by atoms with Crippen molar-refractivity contribution in [2.24, 2.45) is 0 Å². The van der Waals surface area contributed by atoms with Crippen LogP contribution < -0.4 is 10.1 Å². The maximum atomic E-state index is 12.7. The van der Waals surface area contributed by atoms with E-state index in [4.69, 9.17) is 4.74 Å². The number of nitrogens with one attached hydrogen (secondary N) is 1. The van der Waals surface area contributed by atoms with Gasteiger partial charge in [0.05, 0.1) is 15.8 Å². The molecule has 0 aliphatic heterocycles. The minimum absolute atomic E-state index is 0.115. The lowest BCUT2D eigenvalue weighted by Gasteiger charge is -2.09. The van der Waals surface area contributed by atoms with Gasteiger partial charge in [-0.15, -0.1) is 11.3 Å². The van der Waals surface area contributed by atoms with Crippen molar-refractivity contribution in [2.45, 2.75) is 0 Å². The lowest BCUT2D eigenvalue weighted by Crippen LogP contribution is -2.11. The van der Waals surface area contributed by atoms with E-state index in [0.29, 0.717) is 27.6 Å². The second-order valence-electron chi connectivity index (χ2n) is 7.11. The Morgan fingerprint density at radius 2 is 1.56 bits per heavy atom. The molecule has 0 bridgehead atoms. The molecule has 6 heteroatoms. The number of carbonyl (C=O) groups is 1. The average Bonchev–Trinajstić information content (AvgIpc) is 3.25. The highest BCUT2D eigenvalue weighted by molar-refractivity contribution is 7.21. The molecule has 1 heterocycles. The molecule has 5 rings (SSSR count). The summed E-state index contributed by atoms with van der Waals surface area (Å²) in [5.41, 5.74) is 2.53. The van der Waals surface area contributed by atoms with E-state index >= 15 is 0 Å². The predicted molar refractivity (Wildman–Crippen MR) is 128 cm³/mol. The van der Waals surface area contributed by atoms with Gasteiger partial charge < -0.3 is 15.2 Å². The maximum Gasteiger partial charge on any atom is 0.255 e. The van der Waals surface area contributed by atoms with Crippen molar-refractivity contribution in [3.8, 4) is 27.8 Å². The largest absolute Gasteiger partial charge is 0.507 e. The number of anilines is 1. The van der Waals surface area contributed by atoms with Crippen LogP contribution in [0.25, 0.3) is 20.8 Å². The number of rotatable bonds is 5. The minimum Gasteiger partial charge on any atom is -0.507 e. The van der Waals surface area contributed by atoms with E-state index in [2.05, 4.69) is 10.3 Å². The van der Waals surface area contributed by atoms with E-state index in [1.807, 2.05) is 54.6 Å². The number of thiazole rings is 1. The lowest BCUT2D eigenvalue weighted by atomic mass is 10.1. The molecule has 5 aromatic rings. The van der Waals surface area contributed by atoms with Crippen LogP contribution in [0.15, 0.2) is 97.1 Å². The van der Waals surface area contributed by atoms with Crippen molar-refractivity contribution in [1.82, 2.24) is 4.98 Å². The summed E-state index contributed by atoms with van der Waals surface area (Å²) in [7, 11) is 0. The summed E-state index contributed by atoms with van der Waals surface area (Å²) in [5.74, 6) is 1.24. The third-order valence-corrected chi connectivity index (χ3v) is 5.94. The average molecular weight is 439 g/mol. The summed E-state index contributed by atoms with van der Waals surface area (Å²) in [6.07, 6.45) is 0. The van der Waals surface area contributed by atoms with Gasteiger partial charge in [-0.1, -0.05) is 30.3 Å². The van der Waals surface area contributed by atoms with Crippen LogP contribution in [0.1, 0.15) is 10.4 Å². The van der Waals surface area contributed by atoms with Crippen molar-refractivity contribution in [2.75, 3.05) is 5.32 Å². The van der Waals surface area contributed by atoms with Crippen LogP contribution in [-0.2, 0) is 0 Å². The Kier molecular flexibility index (Phi) is 5.27.